The Balaban J connectivity index is 2.58. The second kappa shape index (κ2) is 6.83. The van der Waals surface area contributed by atoms with Crippen molar-refractivity contribution < 1.29 is 9.90 Å². The highest BCUT2D eigenvalue weighted by molar-refractivity contribution is 5.95. The van der Waals surface area contributed by atoms with E-state index in [4.69, 9.17) is 0 Å². The van der Waals surface area contributed by atoms with Crippen LogP contribution in [0, 0.1) is 40.9 Å². The summed E-state index contributed by atoms with van der Waals surface area (Å²) >= 11 is 0. The molecule has 1 N–H and O–H groups in total. The fourth-order valence-corrected chi connectivity index (χ4v) is 6.08. The summed E-state index contributed by atoms with van der Waals surface area (Å²) in [4.78, 5) is 13.1. The number of fused-ring (bicyclic) bond motifs is 1. The first-order valence-electron chi connectivity index (χ1n) is 9.30. The van der Waals surface area contributed by atoms with Crippen molar-refractivity contribution in [2.24, 2.45) is 40.9 Å². The van der Waals surface area contributed by atoms with Gasteiger partial charge >= 0.3 is 0 Å². The molecule has 0 aliphatic heterocycles. The maximum absolute atomic E-state index is 13.1. The van der Waals surface area contributed by atoms with Crippen LogP contribution in [0.2, 0.25) is 0 Å². The molecule has 2 aliphatic rings. The monoisotopic (exact) mass is 318 g/mol. The maximum atomic E-state index is 13.1. The lowest BCUT2D eigenvalue weighted by Gasteiger charge is -2.55. The quantitative estimate of drug-likeness (QED) is 0.419. The van der Waals surface area contributed by atoms with Crippen LogP contribution in [0.5, 0.6) is 0 Å². The van der Waals surface area contributed by atoms with Crippen molar-refractivity contribution >= 4 is 5.78 Å². The van der Waals surface area contributed by atoms with Gasteiger partial charge < -0.3 is 5.11 Å². The average molecular weight is 319 g/mol. The Morgan fingerprint density at radius 1 is 1.43 bits per heavy atom. The van der Waals surface area contributed by atoms with E-state index >= 15 is 0 Å². The Hall–Kier alpha value is -1.05. The van der Waals surface area contributed by atoms with Crippen molar-refractivity contribution in [3.05, 3.63) is 24.0 Å². The molecule has 0 spiro atoms. The number of carbonyl (C=O) groups is 1. The lowest BCUT2D eigenvalue weighted by atomic mass is 9.47. The van der Waals surface area contributed by atoms with Crippen molar-refractivity contribution in [2.75, 3.05) is 0 Å². The summed E-state index contributed by atoms with van der Waals surface area (Å²) < 4.78 is 0. The third-order valence-electron chi connectivity index (χ3n) is 6.80. The van der Waals surface area contributed by atoms with E-state index in [0.717, 1.165) is 18.6 Å². The zero-order chi connectivity index (χ0) is 17.4. The van der Waals surface area contributed by atoms with Crippen LogP contribution >= 0.6 is 0 Å². The molecule has 2 heteroatoms. The van der Waals surface area contributed by atoms with Gasteiger partial charge in [0, 0.05) is 11.5 Å². The molecule has 0 unspecified atom stereocenters. The van der Waals surface area contributed by atoms with E-state index in [0.29, 0.717) is 23.7 Å². The first kappa shape index (κ1) is 18.3. The second-order valence-corrected chi connectivity index (χ2v) is 8.48. The van der Waals surface area contributed by atoms with Crippen molar-refractivity contribution in [2.45, 2.75) is 60.8 Å². The van der Waals surface area contributed by atoms with Crippen molar-refractivity contribution in [3.63, 3.8) is 0 Å². The molecule has 0 saturated heterocycles. The summed E-state index contributed by atoms with van der Waals surface area (Å²) in [6.45, 7) is 13.5. The van der Waals surface area contributed by atoms with Crippen LogP contribution < -0.4 is 0 Å². The van der Waals surface area contributed by atoms with Gasteiger partial charge in [0.2, 0.25) is 0 Å². The molecule has 0 radical (unpaired) electrons. The summed E-state index contributed by atoms with van der Waals surface area (Å²) in [5, 5.41) is 9.22. The largest absolute Gasteiger partial charge is 0.515 e. The summed E-state index contributed by atoms with van der Waals surface area (Å²) in [5.74, 6) is 2.99. The van der Waals surface area contributed by atoms with Gasteiger partial charge in [-0.25, -0.2) is 0 Å². The Bertz CT molecular complexity index is 504. The molecule has 0 heterocycles. The number of hydrogen-bond acceptors (Lipinski definition) is 2. The minimum absolute atomic E-state index is 0.106. The summed E-state index contributed by atoms with van der Waals surface area (Å²) in [7, 11) is 0. The Labute approximate surface area is 142 Å². The van der Waals surface area contributed by atoms with Gasteiger partial charge in [0.15, 0.2) is 5.78 Å². The predicted octanol–water partition coefficient (Wildman–Crippen LogP) is 5.55. The third kappa shape index (κ3) is 3.02. The van der Waals surface area contributed by atoms with Gasteiger partial charge in [-0.05, 0) is 55.3 Å². The van der Waals surface area contributed by atoms with Crippen LogP contribution in [0.1, 0.15) is 60.8 Å². The van der Waals surface area contributed by atoms with Crippen LogP contribution in [0.3, 0.4) is 0 Å². The number of rotatable bonds is 4. The first-order chi connectivity index (χ1) is 10.8. The fraction of sp³-hybridized carbons (Fsp3) is 0.762. The van der Waals surface area contributed by atoms with Gasteiger partial charge in [-0.2, -0.15) is 0 Å². The molecule has 2 nitrogen and oxygen atoms in total. The van der Waals surface area contributed by atoms with Gasteiger partial charge in [-0.1, -0.05) is 52.7 Å². The number of aliphatic hydroxyl groups excluding tert-OH is 1. The van der Waals surface area contributed by atoms with Gasteiger partial charge in [-0.15, -0.1) is 0 Å². The van der Waals surface area contributed by atoms with E-state index in [9.17, 15) is 9.90 Å². The van der Waals surface area contributed by atoms with E-state index in [-0.39, 0.29) is 11.7 Å². The molecule has 0 bridgehead atoms. The Morgan fingerprint density at radius 2 is 2.09 bits per heavy atom. The molecule has 1 fully saturated rings. The number of aliphatic hydroxyl groups is 1. The highest BCUT2D eigenvalue weighted by Gasteiger charge is 2.55. The minimum Gasteiger partial charge on any atom is -0.515 e. The highest BCUT2D eigenvalue weighted by atomic mass is 16.2. The molecule has 130 valence electrons. The zero-order valence-electron chi connectivity index (χ0n) is 15.7. The van der Waals surface area contributed by atoms with Crippen molar-refractivity contribution in [3.8, 4) is 0 Å². The van der Waals surface area contributed by atoms with Crippen LogP contribution in [0.25, 0.3) is 0 Å². The Kier molecular flexibility index (Phi) is 5.43. The van der Waals surface area contributed by atoms with Crippen LogP contribution in [0.4, 0.5) is 0 Å². The number of carbonyl (C=O) groups excluding carboxylic acids is 1. The lowest BCUT2D eigenvalue weighted by molar-refractivity contribution is -0.137. The number of ketones is 1. The third-order valence-corrected chi connectivity index (χ3v) is 6.80. The molecule has 1 saturated carbocycles. The first-order valence-corrected chi connectivity index (χ1v) is 9.30. The summed E-state index contributed by atoms with van der Waals surface area (Å²) in [5.41, 5.74) is 0.974. The van der Waals surface area contributed by atoms with Gasteiger partial charge in [-0.3, -0.25) is 4.79 Å². The number of allylic oxidation sites excluding steroid dienone is 3. The van der Waals surface area contributed by atoms with Crippen molar-refractivity contribution in [1.82, 2.24) is 0 Å². The van der Waals surface area contributed by atoms with Gasteiger partial charge in [0.25, 0.3) is 0 Å². The van der Waals surface area contributed by atoms with E-state index < -0.39 is 5.41 Å². The minimum atomic E-state index is -0.405. The maximum Gasteiger partial charge on any atom is 0.165 e. The van der Waals surface area contributed by atoms with E-state index in [1.165, 1.54) is 24.5 Å². The summed E-state index contributed by atoms with van der Waals surface area (Å²) in [6, 6.07) is 0. The molecule has 23 heavy (non-hydrogen) atoms. The molecule has 0 aromatic rings. The molecular weight excluding hydrogens is 284 g/mol. The van der Waals surface area contributed by atoms with Crippen LogP contribution in [-0.4, -0.2) is 10.9 Å². The predicted molar refractivity (Wildman–Crippen MR) is 96.1 cm³/mol. The smallest absolute Gasteiger partial charge is 0.165 e. The molecule has 2 rings (SSSR count). The number of hydrogen-bond donors (Lipinski definition) is 1. The molecule has 0 aromatic heterocycles. The molecular formula is C21H34O2. The van der Waals surface area contributed by atoms with Gasteiger partial charge in [0.1, 0.15) is 0 Å². The molecule has 0 amide bonds. The van der Waals surface area contributed by atoms with E-state index in [1.807, 2.05) is 0 Å². The fourth-order valence-electron chi connectivity index (χ4n) is 6.08. The molecule has 2 aliphatic carbocycles. The standard InChI is InChI=1S/C21H34O2/c1-7-14(3)19-16(5)12-17-11-13(2)10-15(4)20(17)21(19,6)18(23)8-9-22/h8-9,12-15,17,19-20,22H,7,10-11H2,1-6H3/b9-8-/t13-,14+,15+,17+,19-,20-,21-/m0/s1. The van der Waals surface area contributed by atoms with Crippen molar-refractivity contribution in [1.29, 1.82) is 0 Å². The zero-order valence-corrected chi connectivity index (χ0v) is 15.7. The van der Waals surface area contributed by atoms with Gasteiger partial charge in [0.05, 0.1) is 6.26 Å². The van der Waals surface area contributed by atoms with Crippen LogP contribution in [-0.2, 0) is 4.79 Å². The SMILES string of the molecule is CC[C@@H](C)[C@H]1C(C)=C[C@H]2C[C@@H](C)C[C@@H](C)[C@@H]2[C@@]1(C)C(=O)/C=C\O. The average Bonchev–Trinajstić information content (AvgIpc) is 2.45. The summed E-state index contributed by atoms with van der Waals surface area (Å²) in [6.07, 6.45) is 8.27. The lowest BCUT2D eigenvalue weighted by Crippen LogP contribution is -2.53. The topological polar surface area (TPSA) is 37.3 Å². The normalized spacial score (nSPS) is 42.2. The Morgan fingerprint density at radius 3 is 2.65 bits per heavy atom. The highest BCUT2D eigenvalue weighted by Crippen LogP contribution is 2.58. The van der Waals surface area contributed by atoms with Crippen LogP contribution in [0.15, 0.2) is 24.0 Å². The molecule has 0 aromatic carbocycles. The van der Waals surface area contributed by atoms with E-state index in [2.05, 4.69) is 47.6 Å². The van der Waals surface area contributed by atoms with E-state index in [1.54, 1.807) is 0 Å². The molecule has 7 atom stereocenters. The second-order valence-electron chi connectivity index (χ2n) is 8.48.